The minimum atomic E-state index is 0.345. The van der Waals surface area contributed by atoms with Crippen molar-refractivity contribution in [1.29, 1.82) is 0 Å². The highest BCUT2D eigenvalue weighted by Gasteiger charge is 2.06. The van der Waals surface area contributed by atoms with Gasteiger partial charge in [0, 0.05) is 30.8 Å². The lowest BCUT2D eigenvalue weighted by Crippen LogP contribution is -2.23. The zero-order valence-electron chi connectivity index (χ0n) is 10.2. The number of nitrogens with one attached hydrogen (secondary N) is 1. The fourth-order valence-electron chi connectivity index (χ4n) is 1.27. The van der Waals surface area contributed by atoms with Crippen LogP contribution >= 0.6 is 11.3 Å². The maximum Gasteiger partial charge on any atom is 0.0897 e. The van der Waals surface area contributed by atoms with Gasteiger partial charge in [0.05, 0.1) is 24.8 Å². The molecule has 0 radical (unpaired) electrons. The van der Waals surface area contributed by atoms with Crippen LogP contribution < -0.4 is 5.32 Å². The van der Waals surface area contributed by atoms with Gasteiger partial charge in [0.1, 0.15) is 0 Å². The van der Waals surface area contributed by atoms with Gasteiger partial charge < -0.3 is 14.8 Å². The first-order chi connectivity index (χ1) is 7.74. The standard InChI is InChI=1S/C11H20N2O2S/c1-9(11-8-13-10(2)16-11)12-4-5-15-7-6-14-3/h8-9,12H,4-7H2,1-3H3. The van der Waals surface area contributed by atoms with Gasteiger partial charge in [-0.25, -0.2) is 4.98 Å². The second kappa shape index (κ2) is 7.73. The van der Waals surface area contributed by atoms with E-state index in [0.29, 0.717) is 25.9 Å². The predicted molar refractivity (Wildman–Crippen MR) is 66.0 cm³/mol. The van der Waals surface area contributed by atoms with E-state index in [1.165, 1.54) is 4.88 Å². The fraction of sp³-hybridized carbons (Fsp3) is 0.727. The van der Waals surface area contributed by atoms with Gasteiger partial charge in [-0.1, -0.05) is 0 Å². The number of ether oxygens (including phenoxy) is 2. The summed E-state index contributed by atoms with van der Waals surface area (Å²) in [6.07, 6.45) is 1.93. The molecule has 1 aromatic rings. The second-order valence-corrected chi connectivity index (χ2v) is 4.83. The number of nitrogens with zero attached hydrogens (tertiary/aromatic N) is 1. The van der Waals surface area contributed by atoms with Crippen molar-refractivity contribution in [2.75, 3.05) is 33.5 Å². The summed E-state index contributed by atoms with van der Waals surface area (Å²) in [7, 11) is 1.68. The molecular formula is C11H20N2O2S. The van der Waals surface area contributed by atoms with Crippen LogP contribution in [-0.2, 0) is 9.47 Å². The van der Waals surface area contributed by atoms with Crippen LogP contribution in [-0.4, -0.2) is 38.5 Å². The third-order valence-electron chi connectivity index (χ3n) is 2.19. The Balaban J connectivity index is 2.09. The first-order valence-electron chi connectivity index (χ1n) is 5.46. The molecule has 0 bridgehead atoms. The van der Waals surface area contributed by atoms with Gasteiger partial charge in [0.25, 0.3) is 0 Å². The molecule has 0 spiro atoms. The third-order valence-corrected chi connectivity index (χ3v) is 3.29. The summed E-state index contributed by atoms with van der Waals surface area (Å²) >= 11 is 1.73. The molecule has 4 nitrogen and oxygen atoms in total. The average Bonchev–Trinajstić information content (AvgIpc) is 2.70. The van der Waals surface area contributed by atoms with Crippen LogP contribution in [0.1, 0.15) is 22.9 Å². The zero-order chi connectivity index (χ0) is 11.8. The molecule has 0 saturated carbocycles. The zero-order valence-corrected chi connectivity index (χ0v) is 11.0. The lowest BCUT2D eigenvalue weighted by molar-refractivity contribution is 0.0712. The van der Waals surface area contributed by atoms with E-state index in [4.69, 9.17) is 9.47 Å². The van der Waals surface area contributed by atoms with Crippen molar-refractivity contribution in [2.45, 2.75) is 19.9 Å². The van der Waals surface area contributed by atoms with Crippen molar-refractivity contribution in [3.63, 3.8) is 0 Å². The molecule has 1 atom stereocenters. The monoisotopic (exact) mass is 244 g/mol. The van der Waals surface area contributed by atoms with Crippen molar-refractivity contribution >= 4 is 11.3 Å². The highest BCUT2D eigenvalue weighted by Crippen LogP contribution is 2.19. The van der Waals surface area contributed by atoms with Crippen LogP contribution in [0.15, 0.2) is 6.20 Å². The number of methoxy groups -OCH3 is 1. The number of aryl methyl sites for hydroxylation is 1. The molecule has 1 rings (SSSR count). The van der Waals surface area contributed by atoms with Gasteiger partial charge in [0.2, 0.25) is 0 Å². The summed E-state index contributed by atoms with van der Waals surface area (Å²) in [5, 5.41) is 4.50. The molecule has 0 aromatic carbocycles. The number of hydrogen-bond acceptors (Lipinski definition) is 5. The molecule has 0 saturated heterocycles. The summed E-state index contributed by atoms with van der Waals surface area (Å²) in [6.45, 7) is 7.04. The molecule has 92 valence electrons. The molecule has 0 aliphatic heterocycles. The Morgan fingerprint density at radius 3 is 2.88 bits per heavy atom. The van der Waals surface area contributed by atoms with Crippen molar-refractivity contribution in [2.24, 2.45) is 0 Å². The Kier molecular flexibility index (Phi) is 6.56. The van der Waals surface area contributed by atoms with Gasteiger partial charge in [0.15, 0.2) is 0 Å². The van der Waals surface area contributed by atoms with Gasteiger partial charge in [-0.05, 0) is 13.8 Å². The summed E-state index contributed by atoms with van der Waals surface area (Å²) in [6, 6.07) is 0.345. The average molecular weight is 244 g/mol. The molecule has 0 amide bonds. The normalized spacial score (nSPS) is 12.9. The van der Waals surface area contributed by atoms with E-state index in [-0.39, 0.29) is 0 Å². The topological polar surface area (TPSA) is 43.4 Å². The minimum absolute atomic E-state index is 0.345. The molecule has 0 aliphatic carbocycles. The lowest BCUT2D eigenvalue weighted by atomic mass is 10.3. The van der Waals surface area contributed by atoms with Crippen molar-refractivity contribution in [3.8, 4) is 0 Å². The SMILES string of the molecule is COCCOCCNC(C)c1cnc(C)s1. The highest BCUT2D eigenvalue weighted by atomic mass is 32.1. The van der Waals surface area contributed by atoms with Crippen molar-refractivity contribution in [1.82, 2.24) is 10.3 Å². The number of rotatable bonds is 8. The molecule has 0 aliphatic rings. The summed E-state index contributed by atoms with van der Waals surface area (Å²) in [5.74, 6) is 0. The Morgan fingerprint density at radius 2 is 2.25 bits per heavy atom. The predicted octanol–water partition coefficient (Wildman–Crippen LogP) is 1.77. The maximum absolute atomic E-state index is 5.37. The van der Waals surface area contributed by atoms with E-state index in [0.717, 1.165) is 11.6 Å². The van der Waals surface area contributed by atoms with Crippen LogP contribution in [0.5, 0.6) is 0 Å². The molecule has 5 heteroatoms. The van der Waals surface area contributed by atoms with E-state index < -0.39 is 0 Å². The maximum atomic E-state index is 5.37. The first kappa shape index (κ1) is 13.6. The quantitative estimate of drug-likeness (QED) is 0.708. The van der Waals surface area contributed by atoms with Gasteiger partial charge >= 0.3 is 0 Å². The molecule has 1 aromatic heterocycles. The number of hydrogen-bond donors (Lipinski definition) is 1. The molecule has 1 N–H and O–H groups in total. The fourth-order valence-corrected chi connectivity index (χ4v) is 2.08. The molecule has 1 unspecified atom stereocenters. The summed E-state index contributed by atoms with van der Waals surface area (Å²) in [5.41, 5.74) is 0. The molecular weight excluding hydrogens is 224 g/mol. The summed E-state index contributed by atoms with van der Waals surface area (Å²) < 4.78 is 10.3. The van der Waals surface area contributed by atoms with E-state index in [9.17, 15) is 0 Å². The Hall–Kier alpha value is -0.490. The van der Waals surface area contributed by atoms with Crippen LogP contribution in [0.25, 0.3) is 0 Å². The van der Waals surface area contributed by atoms with E-state index >= 15 is 0 Å². The van der Waals surface area contributed by atoms with Crippen molar-refractivity contribution < 1.29 is 9.47 Å². The van der Waals surface area contributed by atoms with Crippen LogP contribution in [0.2, 0.25) is 0 Å². The number of aromatic nitrogens is 1. The molecule has 16 heavy (non-hydrogen) atoms. The van der Waals surface area contributed by atoms with Gasteiger partial charge in [-0.2, -0.15) is 0 Å². The Morgan fingerprint density at radius 1 is 1.44 bits per heavy atom. The van der Waals surface area contributed by atoms with Crippen molar-refractivity contribution in [3.05, 3.63) is 16.1 Å². The minimum Gasteiger partial charge on any atom is -0.382 e. The smallest absolute Gasteiger partial charge is 0.0897 e. The van der Waals surface area contributed by atoms with Crippen LogP contribution in [0.3, 0.4) is 0 Å². The molecule has 1 heterocycles. The van der Waals surface area contributed by atoms with E-state index in [1.807, 2.05) is 13.1 Å². The Labute approximate surface area is 101 Å². The third kappa shape index (κ3) is 5.03. The highest BCUT2D eigenvalue weighted by molar-refractivity contribution is 7.11. The van der Waals surface area contributed by atoms with E-state index in [2.05, 4.69) is 17.2 Å². The summed E-state index contributed by atoms with van der Waals surface area (Å²) in [4.78, 5) is 5.51. The molecule has 0 fully saturated rings. The van der Waals surface area contributed by atoms with Gasteiger partial charge in [-0.15, -0.1) is 11.3 Å². The Bertz CT molecular complexity index is 291. The first-order valence-corrected chi connectivity index (χ1v) is 6.28. The lowest BCUT2D eigenvalue weighted by Gasteiger charge is -2.11. The van der Waals surface area contributed by atoms with Gasteiger partial charge in [-0.3, -0.25) is 0 Å². The van der Waals surface area contributed by atoms with Crippen LogP contribution in [0, 0.1) is 6.92 Å². The largest absolute Gasteiger partial charge is 0.382 e. The van der Waals surface area contributed by atoms with E-state index in [1.54, 1.807) is 18.4 Å². The number of thiazole rings is 1. The van der Waals surface area contributed by atoms with Crippen LogP contribution in [0.4, 0.5) is 0 Å². The second-order valence-electron chi connectivity index (χ2n) is 3.56.